The zero-order valence-corrected chi connectivity index (χ0v) is 11.1. The normalized spacial score (nSPS) is 35.4. The number of likely N-dealkylation sites (tertiary alicyclic amines) is 1. The quantitative estimate of drug-likeness (QED) is 0.708. The lowest BCUT2D eigenvalue weighted by Gasteiger charge is -2.37. The fourth-order valence-electron chi connectivity index (χ4n) is 3.32. The Bertz CT molecular complexity index is 333. The molecule has 0 bridgehead atoms. The van der Waals surface area contributed by atoms with Gasteiger partial charge in [0.25, 0.3) is 0 Å². The Labute approximate surface area is 111 Å². The van der Waals surface area contributed by atoms with Crippen molar-refractivity contribution in [2.75, 3.05) is 19.6 Å². The minimum absolute atomic E-state index is 0.00701. The van der Waals surface area contributed by atoms with Gasteiger partial charge in [0.05, 0.1) is 5.41 Å². The van der Waals surface area contributed by atoms with E-state index in [4.69, 9.17) is 0 Å². The van der Waals surface area contributed by atoms with Gasteiger partial charge < -0.3 is 0 Å². The molecule has 0 radical (unpaired) electrons. The first-order valence-electron chi connectivity index (χ1n) is 7.33. The summed E-state index contributed by atoms with van der Waals surface area (Å²) in [7, 11) is 0. The molecule has 0 amide bonds. The molecule has 0 aromatic carbocycles. The van der Waals surface area contributed by atoms with Crippen molar-refractivity contribution in [2.24, 2.45) is 17.3 Å². The van der Waals surface area contributed by atoms with E-state index in [1.165, 1.54) is 12.8 Å². The zero-order valence-electron chi connectivity index (χ0n) is 11.1. The molecule has 0 aromatic heterocycles. The molecule has 0 spiro atoms. The van der Waals surface area contributed by atoms with Gasteiger partial charge >= 0.3 is 6.18 Å². The molecule has 2 atom stereocenters. The van der Waals surface area contributed by atoms with Crippen LogP contribution in [0, 0.1) is 17.3 Å². The number of nitrogens with zero attached hydrogens (tertiary/aromatic N) is 1. The highest BCUT2D eigenvalue weighted by atomic mass is 19.4. The topological polar surface area (TPSA) is 3.24 Å². The van der Waals surface area contributed by atoms with E-state index in [0.29, 0.717) is 12.5 Å². The lowest BCUT2D eigenvalue weighted by atomic mass is 9.89. The average molecular weight is 279 g/mol. The van der Waals surface area contributed by atoms with Crippen molar-refractivity contribution in [3.05, 3.63) is 0 Å². The van der Waals surface area contributed by atoms with Gasteiger partial charge in [0, 0.05) is 13.1 Å². The molecule has 3 fully saturated rings. The number of hydrogen-bond acceptors (Lipinski definition) is 1. The first-order valence-corrected chi connectivity index (χ1v) is 7.33. The van der Waals surface area contributed by atoms with Crippen LogP contribution in [0.4, 0.5) is 17.6 Å². The maximum Gasteiger partial charge on any atom is 0.395 e. The maximum absolute atomic E-state index is 14.1. The summed E-state index contributed by atoms with van der Waals surface area (Å²) >= 11 is 0. The van der Waals surface area contributed by atoms with E-state index < -0.39 is 17.8 Å². The summed E-state index contributed by atoms with van der Waals surface area (Å²) in [4.78, 5) is 1.70. The summed E-state index contributed by atoms with van der Waals surface area (Å²) in [5.41, 5.74) is -1.52. The van der Waals surface area contributed by atoms with Crippen LogP contribution in [0.2, 0.25) is 0 Å². The number of rotatable bonds is 4. The van der Waals surface area contributed by atoms with Gasteiger partial charge in [-0.3, -0.25) is 4.90 Å². The molecule has 3 rings (SSSR count). The average Bonchev–Trinajstić information content (AvgIpc) is 3.16. The molecule has 1 nitrogen and oxygen atoms in total. The largest absolute Gasteiger partial charge is 0.395 e. The fourth-order valence-corrected chi connectivity index (χ4v) is 3.32. The van der Waals surface area contributed by atoms with Crippen molar-refractivity contribution in [1.29, 1.82) is 0 Å². The van der Waals surface area contributed by atoms with Gasteiger partial charge in [-0.1, -0.05) is 12.8 Å². The minimum Gasteiger partial charge on any atom is -0.300 e. The van der Waals surface area contributed by atoms with Gasteiger partial charge in [-0.05, 0) is 44.1 Å². The molecule has 0 aromatic rings. The van der Waals surface area contributed by atoms with E-state index >= 15 is 0 Å². The molecule has 2 aliphatic carbocycles. The number of alkyl halides is 4. The van der Waals surface area contributed by atoms with E-state index in [2.05, 4.69) is 0 Å². The van der Waals surface area contributed by atoms with Gasteiger partial charge in [0.15, 0.2) is 0 Å². The molecular weight excluding hydrogens is 258 g/mol. The Kier molecular flexibility index (Phi) is 3.31. The zero-order chi connectivity index (χ0) is 13.7. The third-order valence-electron chi connectivity index (χ3n) is 5.07. The Balaban J connectivity index is 1.51. The van der Waals surface area contributed by atoms with Crippen LogP contribution in [0.1, 0.15) is 38.5 Å². The van der Waals surface area contributed by atoms with Gasteiger partial charge in [0.1, 0.15) is 6.17 Å². The molecule has 1 aliphatic heterocycles. The predicted octanol–water partition coefficient (Wildman–Crippen LogP) is 3.79. The summed E-state index contributed by atoms with van der Waals surface area (Å²) in [6.45, 7) is 0.845. The van der Waals surface area contributed by atoms with Crippen LogP contribution in [-0.2, 0) is 0 Å². The van der Waals surface area contributed by atoms with E-state index in [0.717, 1.165) is 12.8 Å². The van der Waals surface area contributed by atoms with Crippen LogP contribution < -0.4 is 0 Å². The van der Waals surface area contributed by atoms with E-state index in [-0.39, 0.29) is 31.8 Å². The highest BCUT2D eigenvalue weighted by molar-refractivity contribution is 5.02. The van der Waals surface area contributed by atoms with Crippen LogP contribution >= 0.6 is 0 Å². The molecule has 110 valence electrons. The van der Waals surface area contributed by atoms with Crippen molar-refractivity contribution in [3.8, 4) is 0 Å². The molecule has 3 aliphatic rings. The van der Waals surface area contributed by atoms with Crippen molar-refractivity contribution in [2.45, 2.75) is 50.9 Å². The number of halogens is 4. The Morgan fingerprint density at radius 2 is 1.79 bits per heavy atom. The summed E-state index contributed by atoms with van der Waals surface area (Å²) in [6, 6.07) is 0. The lowest BCUT2D eigenvalue weighted by Crippen LogP contribution is -2.46. The molecule has 19 heavy (non-hydrogen) atoms. The van der Waals surface area contributed by atoms with Gasteiger partial charge in [0.2, 0.25) is 0 Å². The molecular formula is C14H21F4N. The second kappa shape index (κ2) is 4.61. The highest BCUT2D eigenvalue weighted by Crippen LogP contribution is 2.58. The van der Waals surface area contributed by atoms with Crippen LogP contribution in [-0.4, -0.2) is 36.9 Å². The standard InChI is InChI=1S/C14H21F4N/c15-12-8-19(6-3-11(12)7-10-1-2-10)9-13(4-5-13)14(16,17)18/h10-12H,1-9H2/t11?,12-/m0/s1. The predicted molar refractivity (Wildman–Crippen MR) is 64.5 cm³/mol. The third kappa shape index (κ3) is 2.91. The van der Waals surface area contributed by atoms with Crippen molar-refractivity contribution in [3.63, 3.8) is 0 Å². The number of piperidine rings is 1. The van der Waals surface area contributed by atoms with Gasteiger partial charge in [-0.15, -0.1) is 0 Å². The second-order valence-electron chi connectivity index (χ2n) is 6.76. The lowest BCUT2D eigenvalue weighted by molar-refractivity contribution is -0.193. The molecule has 2 saturated carbocycles. The summed E-state index contributed by atoms with van der Waals surface area (Å²) in [5, 5.41) is 0. The third-order valence-corrected chi connectivity index (χ3v) is 5.07. The van der Waals surface area contributed by atoms with Crippen molar-refractivity contribution in [1.82, 2.24) is 4.90 Å². The van der Waals surface area contributed by atoms with Crippen molar-refractivity contribution >= 4 is 0 Å². The SMILES string of the molecule is F[C@H]1CN(CC2(C(F)(F)F)CC2)CCC1CC1CC1. The first-order chi connectivity index (χ1) is 8.90. The summed E-state index contributed by atoms with van der Waals surface area (Å²) < 4.78 is 52.7. The second-order valence-corrected chi connectivity index (χ2v) is 6.76. The van der Waals surface area contributed by atoms with Gasteiger partial charge in [-0.2, -0.15) is 13.2 Å². The Morgan fingerprint density at radius 1 is 1.11 bits per heavy atom. The summed E-state index contributed by atoms with van der Waals surface area (Å²) in [5.74, 6) is 0.782. The minimum atomic E-state index is -4.12. The Hall–Kier alpha value is -0.320. The smallest absolute Gasteiger partial charge is 0.300 e. The van der Waals surface area contributed by atoms with Crippen LogP contribution in [0.3, 0.4) is 0 Å². The first kappa shape index (κ1) is 13.7. The molecule has 1 unspecified atom stereocenters. The van der Waals surface area contributed by atoms with E-state index in [1.807, 2.05) is 0 Å². The molecule has 0 N–H and O–H groups in total. The highest BCUT2D eigenvalue weighted by Gasteiger charge is 2.63. The summed E-state index contributed by atoms with van der Waals surface area (Å²) in [6.07, 6.45) is -0.521. The molecule has 1 heterocycles. The van der Waals surface area contributed by atoms with Crippen LogP contribution in [0.25, 0.3) is 0 Å². The van der Waals surface area contributed by atoms with Crippen molar-refractivity contribution < 1.29 is 17.6 Å². The van der Waals surface area contributed by atoms with E-state index in [9.17, 15) is 17.6 Å². The fraction of sp³-hybridized carbons (Fsp3) is 1.00. The van der Waals surface area contributed by atoms with E-state index in [1.54, 1.807) is 4.90 Å². The number of hydrogen-bond donors (Lipinski definition) is 0. The monoisotopic (exact) mass is 279 g/mol. The van der Waals surface area contributed by atoms with Crippen LogP contribution in [0.15, 0.2) is 0 Å². The van der Waals surface area contributed by atoms with Gasteiger partial charge in [-0.25, -0.2) is 4.39 Å². The maximum atomic E-state index is 14.1. The van der Waals surface area contributed by atoms with Crippen LogP contribution in [0.5, 0.6) is 0 Å². The molecule has 5 heteroatoms. The Morgan fingerprint density at radius 3 is 2.26 bits per heavy atom. The molecule has 1 saturated heterocycles.